The van der Waals surface area contributed by atoms with Crippen molar-refractivity contribution in [1.29, 1.82) is 0 Å². The number of hydrazine groups is 1. The fourth-order valence-electron chi connectivity index (χ4n) is 1.77. The lowest BCUT2D eigenvalue weighted by Crippen LogP contribution is -2.13. The molecule has 0 aliphatic heterocycles. The van der Waals surface area contributed by atoms with Gasteiger partial charge >= 0.3 is 0 Å². The maximum Gasteiger partial charge on any atom is 0.145 e. The minimum absolute atomic E-state index is 0.109. The van der Waals surface area contributed by atoms with Crippen molar-refractivity contribution in [2.45, 2.75) is 19.9 Å². The molecule has 0 aliphatic rings. The van der Waals surface area contributed by atoms with E-state index in [1.165, 1.54) is 0 Å². The van der Waals surface area contributed by atoms with Crippen LogP contribution in [0, 0.1) is 6.92 Å². The standard InChI is InChI=1S/C13H16ClN5/c1-8(10-3-5-11(14)6-4-10)16-12-7-13(19-15)18-9(2)17-12/h3-8H,15H2,1-2H3,(H2,16,17,18,19). The van der Waals surface area contributed by atoms with Crippen LogP contribution in [0.15, 0.2) is 30.3 Å². The molecule has 0 amide bonds. The van der Waals surface area contributed by atoms with Crippen LogP contribution in [-0.2, 0) is 0 Å². The SMILES string of the molecule is Cc1nc(NN)cc(NC(C)c2ccc(Cl)cc2)n1. The van der Waals surface area contributed by atoms with Gasteiger partial charge in [0.15, 0.2) is 0 Å². The van der Waals surface area contributed by atoms with Gasteiger partial charge in [-0.25, -0.2) is 15.8 Å². The number of aryl methyl sites for hydroxylation is 1. The van der Waals surface area contributed by atoms with Gasteiger partial charge in [0.1, 0.15) is 17.5 Å². The predicted molar refractivity (Wildman–Crippen MR) is 78.1 cm³/mol. The third-order valence-electron chi connectivity index (χ3n) is 2.72. The van der Waals surface area contributed by atoms with E-state index in [0.29, 0.717) is 11.6 Å². The third kappa shape index (κ3) is 3.56. The molecule has 0 spiro atoms. The molecule has 100 valence electrons. The molecule has 1 aromatic carbocycles. The molecule has 0 bridgehead atoms. The molecule has 19 heavy (non-hydrogen) atoms. The Morgan fingerprint density at radius 1 is 1.16 bits per heavy atom. The minimum atomic E-state index is 0.109. The molecule has 0 fully saturated rings. The monoisotopic (exact) mass is 277 g/mol. The number of nitrogens with one attached hydrogen (secondary N) is 2. The van der Waals surface area contributed by atoms with Crippen LogP contribution in [0.5, 0.6) is 0 Å². The largest absolute Gasteiger partial charge is 0.363 e. The Hall–Kier alpha value is -1.85. The van der Waals surface area contributed by atoms with Gasteiger partial charge < -0.3 is 10.7 Å². The summed E-state index contributed by atoms with van der Waals surface area (Å²) in [6.07, 6.45) is 0. The molecule has 0 radical (unpaired) electrons. The van der Waals surface area contributed by atoms with Crippen LogP contribution in [0.3, 0.4) is 0 Å². The highest BCUT2D eigenvalue weighted by Gasteiger charge is 2.07. The summed E-state index contributed by atoms with van der Waals surface area (Å²) in [5.74, 6) is 7.32. The first-order chi connectivity index (χ1) is 9.08. The summed E-state index contributed by atoms with van der Waals surface area (Å²) in [6, 6.07) is 9.57. The molecular formula is C13H16ClN5. The number of benzene rings is 1. The summed E-state index contributed by atoms with van der Waals surface area (Å²) >= 11 is 5.87. The summed E-state index contributed by atoms with van der Waals surface area (Å²) in [7, 11) is 0. The van der Waals surface area contributed by atoms with Crippen molar-refractivity contribution < 1.29 is 0 Å². The molecule has 4 N–H and O–H groups in total. The maximum absolute atomic E-state index is 5.87. The zero-order chi connectivity index (χ0) is 13.8. The second-order valence-electron chi connectivity index (χ2n) is 4.25. The number of hydrogen-bond acceptors (Lipinski definition) is 5. The first-order valence-corrected chi connectivity index (χ1v) is 6.30. The summed E-state index contributed by atoms with van der Waals surface area (Å²) in [5, 5.41) is 4.03. The average Bonchev–Trinajstić information content (AvgIpc) is 2.38. The van der Waals surface area contributed by atoms with Crippen LogP contribution in [0.1, 0.15) is 24.4 Å². The highest BCUT2D eigenvalue weighted by Crippen LogP contribution is 2.21. The van der Waals surface area contributed by atoms with Crippen molar-refractivity contribution in [3.8, 4) is 0 Å². The van der Waals surface area contributed by atoms with E-state index < -0.39 is 0 Å². The number of nitrogens with two attached hydrogens (primary N) is 1. The fourth-order valence-corrected chi connectivity index (χ4v) is 1.90. The lowest BCUT2D eigenvalue weighted by atomic mass is 10.1. The van der Waals surface area contributed by atoms with E-state index in [9.17, 15) is 0 Å². The van der Waals surface area contributed by atoms with E-state index in [1.54, 1.807) is 6.07 Å². The smallest absolute Gasteiger partial charge is 0.145 e. The highest BCUT2D eigenvalue weighted by atomic mass is 35.5. The second kappa shape index (κ2) is 5.86. The Labute approximate surface area is 117 Å². The Morgan fingerprint density at radius 3 is 2.42 bits per heavy atom. The first-order valence-electron chi connectivity index (χ1n) is 5.93. The van der Waals surface area contributed by atoms with Crippen LogP contribution < -0.4 is 16.6 Å². The summed E-state index contributed by atoms with van der Waals surface area (Å²) in [5.41, 5.74) is 3.65. The van der Waals surface area contributed by atoms with Gasteiger partial charge in [0.2, 0.25) is 0 Å². The van der Waals surface area contributed by atoms with Gasteiger partial charge in [0, 0.05) is 17.1 Å². The molecule has 6 heteroatoms. The van der Waals surface area contributed by atoms with Crippen LogP contribution >= 0.6 is 11.6 Å². The number of nitrogen functional groups attached to an aromatic ring is 1. The highest BCUT2D eigenvalue weighted by molar-refractivity contribution is 6.30. The van der Waals surface area contributed by atoms with Crippen LogP contribution in [0.4, 0.5) is 11.6 Å². The molecule has 1 atom stereocenters. The molecule has 5 nitrogen and oxygen atoms in total. The number of anilines is 2. The molecule has 1 aromatic heterocycles. The van der Waals surface area contributed by atoms with E-state index in [4.69, 9.17) is 17.4 Å². The maximum atomic E-state index is 5.87. The number of rotatable bonds is 4. The van der Waals surface area contributed by atoms with Crippen molar-refractivity contribution in [2.24, 2.45) is 5.84 Å². The average molecular weight is 278 g/mol. The quantitative estimate of drug-likeness (QED) is 0.592. The van der Waals surface area contributed by atoms with Gasteiger partial charge in [-0.3, -0.25) is 0 Å². The third-order valence-corrected chi connectivity index (χ3v) is 2.97. The van der Waals surface area contributed by atoms with Crippen molar-refractivity contribution in [2.75, 3.05) is 10.7 Å². The molecular weight excluding hydrogens is 262 g/mol. The van der Waals surface area contributed by atoms with E-state index in [0.717, 1.165) is 16.4 Å². The van der Waals surface area contributed by atoms with E-state index in [1.807, 2.05) is 31.2 Å². The van der Waals surface area contributed by atoms with Crippen molar-refractivity contribution in [3.63, 3.8) is 0 Å². The van der Waals surface area contributed by atoms with Crippen LogP contribution in [-0.4, -0.2) is 9.97 Å². The number of nitrogens with zero attached hydrogens (tertiary/aromatic N) is 2. The molecule has 2 aromatic rings. The van der Waals surface area contributed by atoms with E-state index >= 15 is 0 Å². The molecule has 0 saturated heterocycles. The second-order valence-corrected chi connectivity index (χ2v) is 4.68. The molecule has 1 unspecified atom stereocenters. The van der Waals surface area contributed by atoms with Crippen LogP contribution in [0.25, 0.3) is 0 Å². The van der Waals surface area contributed by atoms with Crippen molar-refractivity contribution in [3.05, 3.63) is 46.7 Å². The van der Waals surface area contributed by atoms with Gasteiger partial charge in [0.05, 0.1) is 0 Å². The van der Waals surface area contributed by atoms with E-state index in [-0.39, 0.29) is 6.04 Å². The Kier molecular flexibility index (Phi) is 4.19. The molecule has 1 heterocycles. The lowest BCUT2D eigenvalue weighted by Gasteiger charge is -2.16. The van der Waals surface area contributed by atoms with Crippen molar-refractivity contribution in [1.82, 2.24) is 9.97 Å². The summed E-state index contributed by atoms with van der Waals surface area (Å²) < 4.78 is 0. The Bertz CT molecular complexity index is 555. The zero-order valence-corrected chi connectivity index (χ0v) is 11.6. The number of aromatic nitrogens is 2. The molecule has 0 saturated carbocycles. The van der Waals surface area contributed by atoms with Crippen molar-refractivity contribution >= 4 is 23.2 Å². The Morgan fingerprint density at radius 2 is 1.79 bits per heavy atom. The molecule has 0 aliphatic carbocycles. The first kappa shape index (κ1) is 13.6. The van der Waals surface area contributed by atoms with Gasteiger partial charge in [-0.15, -0.1) is 0 Å². The molecule has 2 rings (SSSR count). The van der Waals surface area contributed by atoms with Gasteiger partial charge in [0.25, 0.3) is 0 Å². The summed E-state index contributed by atoms with van der Waals surface area (Å²) in [4.78, 5) is 8.46. The minimum Gasteiger partial charge on any atom is -0.363 e. The lowest BCUT2D eigenvalue weighted by molar-refractivity contribution is 0.867. The zero-order valence-electron chi connectivity index (χ0n) is 10.8. The normalized spacial score (nSPS) is 12.0. The Balaban J connectivity index is 2.16. The fraction of sp³-hybridized carbons (Fsp3) is 0.231. The van der Waals surface area contributed by atoms with Gasteiger partial charge in [-0.1, -0.05) is 23.7 Å². The number of halogens is 1. The van der Waals surface area contributed by atoms with E-state index in [2.05, 4.69) is 27.6 Å². The number of hydrogen-bond donors (Lipinski definition) is 3. The topological polar surface area (TPSA) is 75.9 Å². The van der Waals surface area contributed by atoms with Crippen LogP contribution in [0.2, 0.25) is 5.02 Å². The van der Waals surface area contributed by atoms with Gasteiger partial charge in [-0.05, 0) is 31.5 Å². The predicted octanol–water partition coefficient (Wildman–Crippen LogP) is 2.90. The summed E-state index contributed by atoms with van der Waals surface area (Å²) in [6.45, 7) is 3.87. The van der Waals surface area contributed by atoms with Gasteiger partial charge in [-0.2, -0.15) is 0 Å².